The summed E-state index contributed by atoms with van der Waals surface area (Å²) >= 11 is 6.72. The average Bonchev–Trinajstić information content (AvgIpc) is 3.16. The highest BCUT2D eigenvalue weighted by Gasteiger charge is 2.31. The molecular formula is C41H43Br2F6N3O10. The minimum atomic E-state index is -4.67. The molecule has 0 spiro atoms. The van der Waals surface area contributed by atoms with E-state index in [4.69, 9.17) is 29.2 Å². The number of aryl methyl sites for hydroxylation is 1. The number of halogens is 8. The first-order valence-electron chi connectivity index (χ1n) is 18.8. The number of aliphatic hydroxyl groups is 2. The third-order valence-corrected chi connectivity index (χ3v) is 10.3. The number of hydrogen-bond donors (Lipinski definition) is 5. The Labute approximate surface area is 368 Å². The van der Waals surface area contributed by atoms with Crippen molar-refractivity contribution in [2.75, 3.05) is 19.8 Å². The highest BCUT2D eigenvalue weighted by molar-refractivity contribution is 9.10. The van der Waals surface area contributed by atoms with E-state index in [1.807, 2.05) is 32.0 Å². The zero-order valence-corrected chi connectivity index (χ0v) is 36.4. The molecule has 2 aromatic heterocycles. The monoisotopic (exact) mass is 1010 g/mol. The molecule has 0 fully saturated rings. The number of carboxylic acids is 2. The van der Waals surface area contributed by atoms with Gasteiger partial charge in [-0.25, -0.2) is 0 Å². The standard InChI is InChI=1S/C41H43Br2F6N3O10/c1-22-25(18-59-38-32(42)12-24(6-3-9-28(53)14-34(55)56)36(51-38)61-20-40(44,45)46)7-4-10-30(22)31-11-5-8-26(23(31)2)19-60-39-33(43)13-27(16-50-17-29(54)15-35(57)58)37(52-39)62-21-41(47,48)49/h4-5,7-8,10-13,28-29,50,53-54H,3,6,9,14-21H2,1-2H3,(H,55,56)(H,57,58)/t28-,29+/m1/s1. The van der Waals surface area contributed by atoms with Crippen molar-refractivity contribution in [2.45, 2.75) is 90.3 Å². The zero-order chi connectivity index (χ0) is 45.8. The van der Waals surface area contributed by atoms with Crippen LogP contribution in [0.1, 0.15) is 59.1 Å². The summed E-state index contributed by atoms with van der Waals surface area (Å²) in [5, 5.41) is 40.3. The summed E-state index contributed by atoms with van der Waals surface area (Å²) in [5.74, 6) is -3.20. The second-order valence-electron chi connectivity index (χ2n) is 14.1. The van der Waals surface area contributed by atoms with Gasteiger partial charge >= 0.3 is 24.3 Å². The molecule has 0 bridgehead atoms. The van der Waals surface area contributed by atoms with Crippen molar-refractivity contribution in [2.24, 2.45) is 0 Å². The molecule has 0 unspecified atom stereocenters. The Balaban J connectivity index is 1.51. The minimum absolute atomic E-state index is 0.0393. The van der Waals surface area contributed by atoms with E-state index in [9.17, 15) is 46.1 Å². The van der Waals surface area contributed by atoms with Crippen molar-refractivity contribution >= 4 is 43.8 Å². The maximum absolute atomic E-state index is 13.1. The van der Waals surface area contributed by atoms with E-state index in [2.05, 4.69) is 47.1 Å². The molecule has 0 aliphatic carbocycles. The summed E-state index contributed by atoms with van der Waals surface area (Å²) in [6, 6.07) is 14.0. The minimum Gasteiger partial charge on any atom is -0.481 e. The van der Waals surface area contributed by atoms with Crippen molar-refractivity contribution in [1.82, 2.24) is 15.3 Å². The molecule has 4 aromatic rings. The lowest BCUT2D eigenvalue weighted by Gasteiger charge is -2.18. The van der Waals surface area contributed by atoms with Gasteiger partial charge in [0, 0.05) is 24.2 Å². The Morgan fingerprint density at radius 3 is 1.60 bits per heavy atom. The number of rotatable bonds is 23. The van der Waals surface area contributed by atoms with Crippen molar-refractivity contribution in [1.29, 1.82) is 0 Å². The molecule has 21 heteroatoms. The van der Waals surface area contributed by atoms with Crippen LogP contribution < -0.4 is 24.3 Å². The number of aliphatic hydroxyl groups excluding tert-OH is 2. The number of carboxylic acid groups (broad SMARTS) is 2. The van der Waals surface area contributed by atoms with Crippen molar-refractivity contribution in [3.8, 4) is 34.6 Å². The summed E-state index contributed by atoms with van der Waals surface area (Å²) in [4.78, 5) is 30.1. The van der Waals surface area contributed by atoms with Crippen LogP contribution in [-0.4, -0.2) is 86.7 Å². The maximum Gasteiger partial charge on any atom is 0.422 e. The molecule has 2 heterocycles. The number of nitrogens with one attached hydrogen (secondary N) is 1. The third kappa shape index (κ3) is 15.9. The van der Waals surface area contributed by atoms with Gasteiger partial charge in [0.2, 0.25) is 23.5 Å². The lowest BCUT2D eigenvalue weighted by atomic mass is 9.92. The molecule has 0 radical (unpaired) electrons. The number of aromatic nitrogens is 2. The van der Waals surface area contributed by atoms with Gasteiger partial charge in [-0.2, -0.15) is 36.3 Å². The number of alkyl halides is 6. The zero-order valence-electron chi connectivity index (χ0n) is 33.2. The summed E-state index contributed by atoms with van der Waals surface area (Å²) in [5.41, 5.74) is 5.17. The number of hydrogen-bond acceptors (Lipinski definition) is 11. The molecule has 0 saturated heterocycles. The van der Waals surface area contributed by atoms with Gasteiger partial charge in [-0.1, -0.05) is 36.4 Å². The van der Waals surface area contributed by atoms with E-state index in [1.165, 1.54) is 12.1 Å². The highest BCUT2D eigenvalue weighted by atomic mass is 79.9. The quantitative estimate of drug-likeness (QED) is 0.0446. The molecule has 0 aliphatic rings. The number of benzene rings is 2. The van der Waals surface area contributed by atoms with E-state index in [0.717, 1.165) is 27.8 Å². The first-order chi connectivity index (χ1) is 29.1. The molecule has 13 nitrogen and oxygen atoms in total. The number of nitrogens with zero attached hydrogens (tertiary/aromatic N) is 2. The molecule has 5 N–H and O–H groups in total. The first kappa shape index (κ1) is 50.0. The van der Waals surface area contributed by atoms with Crippen LogP contribution in [0.3, 0.4) is 0 Å². The molecule has 338 valence electrons. The lowest BCUT2D eigenvalue weighted by Crippen LogP contribution is -2.29. The third-order valence-electron chi connectivity index (χ3n) is 9.12. The molecule has 0 saturated carbocycles. The second kappa shape index (κ2) is 22.6. The van der Waals surface area contributed by atoms with E-state index in [1.54, 1.807) is 18.2 Å². The first-order valence-corrected chi connectivity index (χ1v) is 20.4. The predicted molar refractivity (Wildman–Crippen MR) is 218 cm³/mol. The molecule has 2 atom stereocenters. The molecule has 0 aliphatic heterocycles. The lowest BCUT2D eigenvalue weighted by molar-refractivity contribution is -0.154. The van der Waals surface area contributed by atoms with Crippen LogP contribution in [0.5, 0.6) is 23.5 Å². The van der Waals surface area contributed by atoms with Crippen LogP contribution in [0.4, 0.5) is 26.3 Å². The Morgan fingerprint density at radius 2 is 1.13 bits per heavy atom. The molecular weight excluding hydrogens is 968 g/mol. The van der Waals surface area contributed by atoms with Gasteiger partial charge < -0.3 is 44.7 Å². The molecule has 4 rings (SSSR count). The van der Waals surface area contributed by atoms with Crippen molar-refractivity contribution in [3.63, 3.8) is 0 Å². The van der Waals surface area contributed by atoms with Gasteiger partial charge in [-0.3, -0.25) is 9.59 Å². The fourth-order valence-electron chi connectivity index (χ4n) is 6.08. The van der Waals surface area contributed by atoms with Gasteiger partial charge in [0.15, 0.2) is 13.2 Å². The van der Waals surface area contributed by atoms with Crippen molar-refractivity contribution in [3.05, 3.63) is 90.9 Å². The summed E-state index contributed by atoms with van der Waals surface area (Å²) in [7, 11) is 0. The number of pyridine rings is 2. The van der Waals surface area contributed by atoms with Crippen molar-refractivity contribution < 1.29 is 75.3 Å². The fourth-order valence-corrected chi connectivity index (χ4v) is 7.04. The largest absolute Gasteiger partial charge is 0.481 e. The Kier molecular flexibility index (Phi) is 18.2. The van der Waals surface area contributed by atoms with E-state index in [-0.39, 0.29) is 74.6 Å². The number of carbonyl (C=O) groups is 2. The van der Waals surface area contributed by atoms with E-state index < -0.39 is 62.6 Å². The summed E-state index contributed by atoms with van der Waals surface area (Å²) in [6.45, 7) is 0.121. The Hall–Kier alpha value is -4.70. The fraction of sp³-hybridized carbons (Fsp3) is 0.415. The summed E-state index contributed by atoms with van der Waals surface area (Å²) in [6.07, 6.45) is -12.2. The SMILES string of the molecule is Cc1c(COc2nc(OCC(F)(F)F)c(CCC[C@@H](O)CC(=O)O)cc2Br)cccc1-c1cccc(COc2nc(OCC(F)(F)F)c(CNC[C@@H](O)CC(=O)O)cc2Br)c1C. The van der Waals surface area contributed by atoms with Crippen LogP contribution in [0.25, 0.3) is 11.1 Å². The molecule has 2 aromatic carbocycles. The van der Waals surface area contributed by atoms with Gasteiger partial charge in [-0.05, 0) is 110 Å². The van der Waals surface area contributed by atoms with Crippen LogP contribution in [-0.2, 0) is 35.8 Å². The van der Waals surface area contributed by atoms with Crippen LogP contribution >= 0.6 is 31.9 Å². The van der Waals surface area contributed by atoms with Gasteiger partial charge in [0.25, 0.3) is 0 Å². The number of aliphatic carboxylic acids is 2. The van der Waals surface area contributed by atoms with E-state index in [0.29, 0.717) is 20.1 Å². The topological polar surface area (TPSA) is 190 Å². The maximum atomic E-state index is 13.1. The van der Waals surface area contributed by atoms with Gasteiger partial charge in [0.05, 0.1) is 34.0 Å². The van der Waals surface area contributed by atoms with Gasteiger partial charge in [-0.15, -0.1) is 0 Å². The predicted octanol–water partition coefficient (Wildman–Crippen LogP) is 8.41. The normalized spacial score (nSPS) is 12.8. The Bertz CT molecular complexity index is 2030. The molecule has 0 amide bonds. The number of ether oxygens (including phenoxy) is 4. The molecule has 62 heavy (non-hydrogen) atoms. The summed E-state index contributed by atoms with van der Waals surface area (Å²) < 4.78 is 101. The smallest absolute Gasteiger partial charge is 0.422 e. The van der Waals surface area contributed by atoms with E-state index >= 15 is 0 Å². The highest BCUT2D eigenvalue weighted by Crippen LogP contribution is 2.36. The Morgan fingerprint density at radius 1 is 0.677 bits per heavy atom. The average molecular weight is 1010 g/mol. The van der Waals surface area contributed by atoms with Crippen LogP contribution in [0.15, 0.2) is 57.5 Å². The van der Waals surface area contributed by atoms with Gasteiger partial charge in [0.1, 0.15) is 13.2 Å². The van der Waals surface area contributed by atoms with Crippen LogP contribution in [0.2, 0.25) is 0 Å². The second-order valence-corrected chi connectivity index (χ2v) is 15.8. The van der Waals surface area contributed by atoms with Crippen LogP contribution in [0, 0.1) is 13.8 Å².